The van der Waals surface area contributed by atoms with Crippen molar-refractivity contribution in [2.45, 2.75) is 6.10 Å². The van der Waals surface area contributed by atoms with Crippen LogP contribution >= 0.6 is 0 Å². The lowest BCUT2D eigenvalue weighted by Gasteiger charge is -2.15. The van der Waals surface area contributed by atoms with Gasteiger partial charge in [-0.25, -0.2) is 13.2 Å². The van der Waals surface area contributed by atoms with Gasteiger partial charge in [0.25, 0.3) is 0 Å². The number of hydrogen-bond donors (Lipinski definition) is 1. The highest BCUT2D eigenvalue weighted by Gasteiger charge is 2.22. The van der Waals surface area contributed by atoms with Gasteiger partial charge < -0.3 is 9.84 Å². The number of aliphatic hydroxyl groups excluding tert-OH is 1. The molecule has 1 unspecified atom stereocenters. The van der Waals surface area contributed by atoms with Gasteiger partial charge in [0.2, 0.25) is 0 Å². The van der Waals surface area contributed by atoms with Gasteiger partial charge in [-0.3, -0.25) is 4.98 Å². The molecule has 1 atom stereocenters. The van der Waals surface area contributed by atoms with Crippen molar-refractivity contribution in [3.8, 4) is 5.75 Å². The molecule has 0 radical (unpaired) electrons. The van der Waals surface area contributed by atoms with E-state index in [1.807, 2.05) is 0 Å². The fourth-order valence-corrected chi connectivity index (χ4v) is 1.71. The van der Waals surface area contributed by atoms with Gasteiger partial charge in [0.05, 0.1) is 13.3 Å². The van der Waals surface area contributed by atoms with E-state index < -0.39 is 23.6 Å². The van der Waals surface area contributed by atoms with E-state index in [0.717, 1.165) is 12.1 Å². The van der Waals surface area contributed by atoms with Crippen molar-refractivity contribution in [1.29, 1.82) is 0 Å². The van der Waals surface area contributed by atoms with Crippen molar-refractivity contribution in [1.82, 2.24) is 4.98 Å². The average molecular weight is 269 g/mol. The molecule has 0 saturated carbocycles. The molecular formula is C13H10F3NO2. The Morgan fingerprint density at radius 2 is 1.84 bits per heavy atom. The van der Waals surface area contributed by atoms with E-state index >= 15 is 0 Å². The van der Waals surface area contributed by atoms with E-state index in [4.69, 9.17) is 4.74 Å². The van der Waals surface area contributed by atoms with Gasteiger partial charge >= 0.3 is 0 Å². The van der Waals surface area contributed by atoms with Gasteiger partial charge in [-0.2, -0.15) is 0 Å². The highest BCUT2D eigenvalue weighted by atomic mass is 19.2. The first-order valence-electron chi connectivity index (χ1n) is 5.35. The second-order valence-electron chi connectivity index (χ2n) is 3.78. The number of aromatic nitrogens is 1. The molecule has 0 amide bonds. The number of ether oxygens (including phenoxy) is 1. The fourth-order valence-electron chi connectivity index (χ4n) is 1.71. The molecule has 0 bridgehead atoms. The Balaban J connectivity index is 2.50. The fraction of sp³-hybridized carbons (Fsp3) is 0.154. The number of benzene rings is 1. The molecular weight excluding hydrogens is 259 g/mol. The molecule has 100 valence electrons. The normalized spacial score (nSPS) is 12.3. The number of pyridine rings is 1. The van der Waals surface area contributed by atoms with E-state index in [-0.39, 0.29) is 16.9 Å². The molecule has 6 heteroatoms. The van der Waals surface area contributed by atoms with Crippen LogP contribution in [-0.2, 0) is 0 Å². The van der Waals surface area contributed by atoms with Gasteiger partial charge in [-0.1, -0.05) is 6.07 Å². The zero-order valence-corrected chi connectivity index (χ0v) is 9.90. The number of halogens is 3. The summed E-state index contributed by atoms with van der Waals surface area (Å²) in [6.07, 6.45) is 1.22. The van der Waals surface area contributed by atoms with Crippen LogP contribution in [0.25, 0.3) is 0 Å². The van der Waals surface area contributed by atoms with Crippen molar-refractivity contribution < 1.29 is 23.0 Å². The van der Waals surface area contributed by atoms with Crippen LogP contribution in [0.2, 0.25) is 0 Å². The number of hydrogen-bond acceptors (Lipinski definition) is 3. The molecule has 3 nitrogen and oxygen atoms in total. The lowest BCUT2D eigenvalue weighted by atomic mass is 10.0. The van der Waals surface area contributed by atoms with E-state index in [1.54, 1.807) is 0 Å². The summed E-state index contributed by atoms with van der Waals surface area (Å²) in [5.41, 5.74) is -0.161. The van der Waals surface area contributed by atoms with Gasteiger partial charge in [0.1, 0.15) is 11.9 Å². The van der Waals surface area contributed by atoms with Gasteiger partial charge in [-0.05, 0) is 12.1 Å². The molecule has 1 aromatic heterocycles. The lowest BCUT2D eigenvalue weighted by Crippen LogP contribution is -2.07. The zero-order chi connectivity index (χ0) is 14.0. The first-order valence-corrected chi connectivity index (χ1v) is 5.35. The highest BCUT2D eigenvalue weighted by Crippen LogP contribution is 2.31. The monoisotopic (exact) mass is 269 g/mol. The van der Waals surface area contributed by atoms with Gasteiger partial charge in [0.15, 0.2) is 17.5 Å². The second kappa shape index (κ2) is 5.27. The van der Waals surface area contributed by atoms with Crippen LogP contribution in [0.15, 0.2) is 30.6 Å². The Labute approximate surface area is 107 Å². The summed E-state index contributed by atoms with van der Waals surface area (Å²) < 4.78 is 44.6. The summed E-state index contributed by atoms with van der Waals surface area (Å²) in [5.74, 6) is -4.13. The maximum atomic E-state index is 13.6. The third-order valence-electron chi connectivity index (χ3n) is 2.69. The minimum Gasteiger partial charge on any atom is -0.495 e. The Morgan fingerprint density at radius 3 is 2.53 bits per heavy atom. The van der Waals surface area contributed by atoms with Crippen molar-refractivity contribution in [3.05, 3.63) is 59.2 Å². The Morgan fingerprint density at radius 1 is 1.11 bits per heavy atom. The molecule has 0 saturated heterocycles. The smallest absolute Gasteiger partial charge is 0.194 e. The maximum Gasteiger partial charge on any atom is 0.194 e. The molecule has 0 fully saturated rings. The molecule has 2 rings (SSSR count). The first kappa shape index (κ1) is 13.4. The zero-order valence-electron chi connectivity index (χ0n) is 9.90. The summed E-state index contributed by atoms with van der Waals surface area (Å²) in [6, 6.07) is 3.15. The number of aliphatic hydroxyl groups is 1. The summed E-state index contributed by atoms with van der Waals surface area (Å²) in [5, 5.41) is 10.1. The number of methoxy groups -OCH3 is 1. The molecule has 2 aromatic rings. The summed E-state index contributed by atoms with van der Waals surface area (Å²) in [7, 11) is 1.36. The quantitative estimate of drug-likeness (QED) is 0.871. The highest BCUT2D eigenvalue weighted by molar-refractivity contribution is 5.38. The van der Waals surface area contributed by atoms with E-state index in [1.165, 1.54) is 25.6 Å². The van der Waals surface area contributed by atoms with Gasteiger partial charge in [-0.15, -0.1) is 0 Å². The standard InChI is InChI=1S/C13H10F3NO2/c1-19-10-6-17-5-4-7(10)13(18)8-2-3-9(14)12(16)11(8)15/h2-6,13,18H,1H3. The topological polar surface area (TPSA) is 42.4 Å². The van der Waals surface area contributed by atoms with Crippen molar-refractivity contribution in [2.75, 3.05) is 7.11 Å². The number of nitrogens with zero attached hydrogens (tertiary/aromatic N) is 1. The van der Waals surface area contributed by atoms with Crippen LogP contribution in [0.5, 0.6) is 5.75 Å². The molecule has 0 aliphatic carbocycles. The molecule has 0 aliphatic heterocycles. The van der Waals surface area contributed by atoms with E-state index in [9.17, 15) is 18.3 Å². The maximum absolute atomic E-state index is 13.6. The largest absolute Gasteiger partial charge is 0.495 e. The molecule has 0 spiro atoms. The van der Waals surface area contributed by atoms with Gasteiger partial charge in [0, 0.05) is 17.3 Å². The molecule has 0 aliphatic rings. The van der Waals surface area contributed by atoms with Crippen LogP contribution in [0.1, 0.15) is 17.2 Å². The van der Waals surface area contributed by atoms with E-state index in [0.29, 0.717) is 0 Å². The third-order valence-corrected chi connectivity index (χ3v) is 2.69. The van der Waals surface area contributed by atoms with Crippen molar-refractivity contribution >= 4 is 0 Å². The second-order valence-corrected chi connectivity index (χ2v) is 3.78. The molecule has 19 heavy (non-hydrogen) atoms. The van der Waals surface area contributed by atoms with Crippen LogP contribution in [0.4, 0.5) is 13.2 Å². The van der Waals surface area contributed by atoms with Crippen LogP contribution in [0, 0.1) is 17.5 Å². The molecule has 1 heterocycles. The van der Waals surface area contributed by atoms with Crippen LogP contribution in [0.3, 0.4) is 0 Å². The predicted octanol–water partition coefficient (Wildman–Crippen LogP) is 2.59. The minimum atomic E-state index is -1.62. The van der Waals surface area contributed by atoms with Crippen molar-refractivity contribution in [2.24, 2.45) is 0 Å². The lowest BCUT2D eigenvalue weighted by molar-refractivity contribution is 0.207. The molecule has 1 aromatic carbocycles. The first-order chi connectivity index (χ1) is 9.06. The molecule has 1 N–H and O–H groups in total. The minimum absolute atomic E-state index is 0.211. The SMILES string of the molecule is COc1cnccc1C(O)c1ccc(F)c(F)c1F. The van der Waals surface area contributed by atoms with Crippen LogP contribution < -0.4 is 4.74 Å². The Kier molecular flexibility index (Phi) is 3.71. The summed E-state index contributed by atoms with van der Waals surface area (Å²) in [4.78, 5) is 3.78. The average Bonchev–Trinajstić information content (AvgIpc) is 2.44. The predicted molar refractivity (Wildman–Crippen MR) is 61.2 cm³/mol. The Hall–Kier alpha value is -2.08. The number of rotatable bonds is 3. The van der Waals surface area contributed by atoms with Crippen LogP contribution in [-0.4, -0.2) is 17.2 Å². The van der Waals surface area contributed by atoms with E-state index in [2.05, 4.69) is 4.98 Å². The Bertz CT molecular complexity index is 604. The van der Waals surface area contributed by atoms with Crippen molar-refractivity contribution in [3.63, 3.8) is 0 Å². The summed E-state index contributed by atoms with van der Waals surface area (Å²) >= 11 is 0. The third kappa shape index (κ3) is 2.39. The summed E-state index contributed by atoms with van der Waals surface area (Å²) in [6.45, 7) is 0.